The van der Waals surface area contributed by atoms with Crippen molar-refractivity contribution >= 4 is 17.4 Å². The molecule has 1 fully saturated rings. The van der Waals surface area contributed by atoms with Crippen molar-refractivity contribution in [2.24, 2.45) is 0 Å². The van der Waals surface area contributed by atoms with E-state index in [1.165, 1.54) is 4.90 Å². The molecule has 1 saturated heterocycles. The van der Waals surface area contributed by atoms with E-state index in [1.807, 2.05) is 80.5 Å². The first-order valence-electron chi connectivity index (χ1n) is 15.3. The Morgan fingerprint density at radius 1 is 0.826 bits per heavy atom. The van der Waals surface area contributed by atoms with Crippen LogP contribution in [0, 0.1) is 6.92 Å². The highest BCUT2D eigenvalue weighted by atomic mass is 16.5. The fourth-order valence-electron chi connectivity index (χ4n) is 5.56. The normalized spacial score (nSPS) is 15.8. The molecule has 1 aliphatic heterocycles. The van der Waals surface area contributed by atoms with Gasteiger partial charge < -0.3 is 29.1 Å². The van der Waals surface area contributed by atoms with E-state index in [-0.39, 0.29) is 11.3 Å². The molecule has 1 aliphatic rings. The molecule has 1 atom stereocenters. The Bertz CT molecular complexity index is 1700. The summed E-state index contributed by atoms with van der Waals surface area (Å²) in [5.41, 5.74) is 4.29. The SMILES string of the molecule is COc1cc(C2C(=C(O)c3ccc(OCc4cccc(C)c4)cc3)C(=O)C(=O)N2CCCN(C)C)ccc1OCc1ccccc1. The van der Waals surface area contributed by atoms with Crippen molar-refractivity contribution in [3.8, 4) is 17.2 Å². The van der Waals surface area contributed by atoms with Gasteiger partial charge in [0.1, 0.15) is 24.7 Å². The second-order valence-corrected chi connectivity index (χ2v) is 11.6. The second-order valence-electron chi connectivity index (χ2n) is 11.6. The smallest absolute Gasteiger partial charge is 0.295 e. The molecule has 0 aromatic heterocycles. The predicted molar refractivity (Wildman–Crippen MR) is 178 cm³/mol. The molecule has 0 radical (unpaired) electrons. The van der Waals surface area contributed by atoms with E-state index in [4.69, 9.17) is 14.2 Å². The highest BCUT2D eigenvalue weighted by molar-refractivity contribution is 6.46. The van der Waals surface area contributed by atoms with Gasteiger partial charge in [-0.1, -0.05) is 66.2 Å². The summed E-state index contributed by atoms with van der Waals surface area (Å²) in [6, 6.07) is 29.3. The minimum Gasteiger partial charge on any atom is -0.507 e. The fourth-order valence-corrected chi connectivity index (χ4v) is 5.56. The zero-order valence-corrected chi connectivity index (χ0v) is 26.7. The van der Waals surface area contributed by atoms with Crippen LogP contribution in [-0.4, -0.2) is 60.9 Å². The average Bonchev–Trinajstić information content (AvgIpc) is 3.31. The van der Waals surface area contributed by atoms with E-state index in [0.29, 0.717) is 54.6 Å². The monoisotopic (exact) mass is 620 g/mol. The second kappa shape index (κ2) is 14.8. The van der Waals surface area contributed by atoms with Crippen LogP contribution in [0.15, 0.2) is 103 Å². The molecule has 5 rings (SSSR count). The third kappa shape index (κ3) is 7.58. The molecule has 1 amide bonds. The molecule has 0 saturated carbocycles. The number of ether oxygens (including phenoxy) is 3. The van der Waals surface area contributed by atoms with Crippen molar-refractivity contribution in [2.75, 3.05) is 34.3 Å². The largest absolute Gasteiger partial charge is 0.507 e. The Morgan fingerprint density at radius 3 is 2.24 bits per heavy atom. The molecule has 4 aromatic rings. The van der Waals surface area contributed by atoms with Gasteiger partial charge in [-0.05, 0) is 87.1 Å². The number of aliphatic hydroxyl groups excluding tert-OH is 1. The molecule has 4 aromatic carbocycles. The number of amides is 1. The molecule has 46 heavy (non-hydrogen) atoms. The number of aryl methyl sites for hydroxylation is 1. The summed E-state index contributed by atoms with van der Waals surface area (Å²) < 4.78 is 17.7. The van der Waals surface area contributed by atoms with Crippen LogP contribution in [0.25, 0.3) is 5.76 Å². The number of nitrogens with zero attached hydrogens (tertiary/aromatic N) is 2. The van der Waals surface area contributed by atoms with Gasteiger partial charge in [-0.25, -0.2) is 0 Å². The average molecular weight is 621 g/mol. The van der Waals surface area contributed by atoms with Gasteiger partial charge in [-0.3, -0.25) is 9.59 Å². The van der Waals surface area contributed by atoms with Crippen molar-refractivity contribution in [3.63, 3.8) is 0 Å². The van der Waals surface area contributed by atoms with Crippen LogP contribution in [-0.2, 0) is 22.8 Å². The van der Waals surface area contributed by atoms with Gasteiger partial charge in [0, 0.05) is 12.1 Å². The van der Waals surface area contributed by atoms with Crippen LogP contribution in [0.3, 0.4) is 0 Å². The number of ketones is 1. The molecule has 0 spiro atoms. The third-order valence-corrected chi connectivity index (χ3v) is 7.90. The van der Waals surface area contributed by atoms with E-state index < -0.39 is 17.7 Å². The van der Waals surface area contributed by atoms with Crippen molar-refractivity contribution in [3.05, 3.63) is 130 Å². The molecule has 1 unspecified atom stereocenters. The fraction of sp³-hybridized carbons (Fsp3) is 0.263. The lowest BCUT2D eigenvalue weighted by Crippen LogP contribution is -2.32. The molecule has 1 heterocycles. The maximum Gasteiger partial charge on any atom is 0.295 e. The van der Waals surface area contributed by atoms with Gasteiger partial charge in [0.25, 0.3) is 11.7 Å². The van der Waals surface area contributed by atoms with Gasteiger partial charge in [0.15, 0.2) is 11.5 Å². The number of Topliss-reactive ketones (excluding diaryl/α,β-unsaturated/α-hetero) is 1. The Morgan fingerprint density at radius 2 is 1.54 bits per heavy atom. The zero-order chi connectivity index (χ0) is 32.6. The molecular weight excluding hydrogens is 580 g/mol. The quantitative estimate of drug-likeness (QED) is 0.103. The number of carbonyl (C=O) groups excluding carboxylic acids is 2. The van der Waals surface area contributed by atoms with E-state index >= 15 is 0 Å². The van der Waals surface area contributed by atoms with Gasteiger partial charge >= 0.3 is 0 Å². The Balaban J connectivity index is 1.45. The first-order valence-corrected chi connectivity index (χ1v) is 15.3. The van der Waals surface area contributed by atoms with E-state index in [0.717, 1.165) is 23.2 Å². The standard InChI is InChI=1S/C38H40N2O6/c1-26-10-8-13-28(22-26)25-45-31-17-14-29(15-18-31)36(41)34-35(40(38(43)37(34)42)21-9-20-39(2)3)30-16-19-32(33(23-30)44-4)46-24-27-11-6-5-7-12-27/h5-8,10-19,22-23,35,41H,9,20-21,24-25H2,1-4H3. The van der Waals surface area contributed by atoms with Gasteiger partial charge in [-0.15, -0.1) is 0 Å². The Hall–Kier alpha value is -5.08. The van der Waals surface area contributed by atoms with E-state index in [9.17, 15) is 14.7 Å². The highest BCUT2D eigenvalue weighted by Gasteiger charge is 2.46. The summed E-state index contributed by atoms with van der Waals surface area (Å²) in [6.07, 6.45) is 0.652. The third-order valence-electron chi connectivity index (χ3n) is 7.90. The molecular formula is C38H40N2O6. The van der Waals surface area contributed by atoms with Crippen LogP contribution >= 0.6 is 0 Å². The molecule has 8 nitrogen and oxygen atoms in total. The van der Waals surface area contributed by atoms with Crippen LogP contribution in [0.5, 0.6) is 17.2 Å². The molecule has 0 aliphatic carbocycles. The van der Waals surface area contributed by atoms with Crippen LogP contribution < -0.4 is 14.2 Å². The van der Waals surface area contributed by atoms with Gasteiger partial charge in [0.05, 0.1) is 18.7 Å². The summed E-state index contributed by atoms with van der Waals surface area (Å²) in [7, 11) is 5.46. The van der Waals surface area contributed by atoms with Crippen LogP contribution in [0.1, 0.15) is 40.3 Å². The summed E-state index contributed by atoms with van der Waals surface area (Å²) >= 11 is 0. The van der Waals surface area contributed by atoms with E-state index in [1.54, 1.807) is 43.5 Å². The van der Waals surface area contributed by atoms with Crippen LogP contribution in [0.4, 0.5) is 0 Å². The highest BCUT2D eigenvalue weighted by Crippen LogP contribution is 2.42. The first-order chi connectivity index (χ1) is 22.2. The number of rotatable bonds is 13. The predicted octanol–water partition coefficient (Wildman–Crippen LogP) is 6.54. The number of likely N-dealkylation sites (tertiary alicyclic amines) is 1. The molecule has 8 heteroatoms. The lowest BCUT2D eigenvalue weighted by molar-refractivity contribution is -0.139. The number of hydrogen-bond donors (Lipinski definition) is 1. The summed E-state index contributed by atoms with van der Waals surface area (Å²) in [5.74, 6) is -0.00717. The van der Waals surface area contributed by atoms with Crippen LogP contribution in [0.2, 0.25) is 0 Å². The lowest BCUT2D eigenvalue weighted by Gasteiger charge is -2.26. The number of hydrogen-bond acceptors (Lipinski definition) is 7. The molecule has 0 bridgehead atoms. The number of methoxy groups -OCH3 is 1. The minimum absolute atomic E-state index is 0.0308. The first kappa shape index (κ1) is 32.3. The lowest BCUT2D eigenvalue weighted by atomic mass is 9.95. The summed E-state index contributed by atoms with van der Waals surface area (Å²) in [6.45, 7) is 3.85. The van der Waals surface area contributed by atoms with Crippen molar-refractivity contribution in [1.29, 1.82) is 0 Å². The number of aliphatic hydroxyl groups is 1. The van der Waals surface area contributed by atoms with E-state index in [2.05, 4.69) is 6.07 Å². The molecule has 238 valence electrons. The zero-order valence-electron chi connectivity index (χ0n) is 26.7. The van der Waals surface area contributed by atoms with Gasteiger partial charge in [-0.2, -0.15) is 0 Å². The molecule has 1 N–H and O–H groups in total. The van der Waals surface area contributed by atoms with Crippen molar-refractivity contribution < 1.29 is 28.9 Å². The Kier molecular flexibility index (Phi) is 10.4. The topological polar surface area (TPSA) is 88.5 Å². The number of benzene rings is 4. The summed E-state index contributed by atoms with van der Waals surface area (Å²) in [4.78, 5) is 30.5. The minimum atomic E-state index is -0.809. The number of carbonyl (C=O) groups is 2. The van der Waals surface area contributed by atoms with Crippen molar-refractivity contribution in [2.45, 2.75) is 32.6 Å². The van der Waals surface area contributed by atoms with Gasteiger partial charge in [0.2, 0.25) is 0 Å². The summed E-state index contributed by atoms with van der Waals surface area (Å²) in [5, 5.41) is 11.6. The maximum absolute atomic E-state index is 13.5. The van der Waals surface area contributed by atoms with Crippen molar-refractivity contribution in [1.82, 2.24) is 9.80 Å². The Labute approximate surface area is 270 Å². The maximum atomic E-state index is 13.5.